The number of nitrogens with zero attached hydrogens (tertiary/aromatic N) is 4. The number of aryl methyl sites for hydroxylation is 2. The molecule has 7 heteroatoms. The first kappa shape index (κ1) is 20.7. The van der Waals surface area contributed by atoms with Gasteiger partial charge in [0.1, 0.15) is 5.82 Å². The van der Waals surface area contributed by atoms with Crippen LogP contribution in [-0.2, 0) is 11.2 Å². The first-order valence-electron chi connectivity index (χ1n) is 10.4. The van der Waals surface area contributed by atoms with Crippen LogP contribution in [0.5, 0.6) is 0 Å². The van der Waals surface area contributed by atoms with Gasteiger partial charge in [0, 0.05) is 54.9 Å². The minimum absolute atomic E-state index is 0.0831. The van der Waals surface area contributed by atoms with Crippen LogP contribution >= 0.6 is 0 Å². The minimum Gasteiger partial charge on any atom is -0.352 e. The van der Waals surface area contributed by atoms with E-state index in [2.05, 4.69) is 20.3 Å². The van der Waals surface area contributed by atoms with Crippen LogP contribution in [0.1, 0.15) is 40.2 Å². The molecule has 4 rings (SSSR count). The van der Waals surface area contributed by atoms with Gasteiger partial charge in [-0.25, -0.2) is 9.97 Å². The van der Waals surface area contributed by atoms with Crippen molar-refractivity contribution < 1.29 is 9.59 Å². The van der Waals surface area contributed by atoms with Crippen molar-refractivity contribution in [2.45, 2.75) is 33.1 Å². The van der Waals surface area contributed by atoms with Crippen molar-refractivity contribution in [1.29, 1.82) is 0 Å². The van der Waals surface area contributed by atoms with Gasteiger partial charge in [-0.2, -0.15) is 0 Å². The number of carbonyl (C=O) groups is 2. The maximum atomic E-state index is 12.9. The molecule has 7 nitrogen and oxygen atoms in total. The number of benzene rings is 1. The summed E-state index contributed by atoms with van der Waals surface area (Å²) in [6, 6.07) is 9.46. The topological polar surface area (TPSA) is 88.1 Å². The third kappa shape index (κ3) is 4.94. The number of amides is 2. The van der Waals surface area contributed by atoms with Crippen LogP contribution in [0.4, 0.5) is 5.69 Å². The Morgan fingerprint density at radius 3 is 2.55 bits per heavy atom. The van der Waals surface area contributed by atoms with E-state index < -0.39 is 0 Å². The fraction of sp³-hybridized carbons (Fsp3) is 0.292. The van der Waals surface area contributed by atoms with Gasteiger partial charge in [0.05, 0.1) is 5.69 Å². The van der Waals surface area contributed by atoms with E-state index >= 15 is 0 Å². The number of pyridine rings is 1. The summed E-state index contributed by atoms with van der Waals surface area (Å²) in [7, 11) is 0. The molecule has 0 unspecified atom stereocenters. The SMILES string of the molecule is Cc1ccc(-c2cc(C(=O)NCCc3cnc(C)nc3)cc(N3CCCC3=O)c2)nc1. The second kappa shape index (κ2) is 9.04. The number of aromatic nitrogens is 3. The highest BCUT2D eigenvalue weighted by atomic mass is 16.2. The van der Waals surface area contributed by atoms with Crippen molar-refractivity contribution in [2.24, 2.45) is 0 Å². The van der Waals surface area contributed by atoms with Crippen molar-refractivity contribution >= 4 is 17.5 Å². The zero-order valence-corrected chi connectivity index (χ0v) is 17.8. The second-order valence-corrected chi connectivity index (χ2v) is 7.78. The van der Waals surface area contributed by atoms with Crippen LogP contribution in [0.3, 0.4) is 0 Å². The zero-order valence-electron chi connectivity index (χ0n) is 17.8. The van der Waals surface area contributed by atoms with Gasteiger partial charge in [-0.15, -0.1) is 0 Å². The lowest BCUT2D eigenvalue weighted by molar-refractivity contribution is -0.117. The Kier molecular flexibility index (Phi) is 6.02. The summed E-state index contributed by atoms with van der Waals surface area (Å²) in [6.07, 6.45) is 7.35. The third-order valence-electron chi connectivity index (χ3n) is 5.31. The summed E-state index contributed by atoms with van der Waals surface area (Å²) < 4.78 is 0. The number of hydrogen-bond donors (Lipinski definition) is 1. The third-order valence-corrected chi connectivity index (χ3v) is 5.31. The maximum absolute atomic E-state index is 12.9. The van der Waals surface area contributed by atoms with Crippen LogP contribution in [-0.4, -0.2) is 39.9 Å². The van der Waals surface area contributed by atoms with E-state index in [0.717, 1.165) is 40.3 Å². The number of nitrogens with one attached hydrogen (secondary N) is 1. The Morgan fingerprint density at radius 2 is 1.87 bits per heavy atom. The molecule has 3 aromatic rings. The van der Waals surface area contributed by atoms with Crippen LogP contribution in [0, 0.1) is 13.8 Å². The van der Waals surface area contributed by atoms with E-state index in [1.807, 2.05) is 38.1 Å². The van der Waals surface area contributed by atoms with Crippen LogP contribution < -0.4 is 10.2 Å². The normalized spacial score (nSPS) is 13.5. The Balaban J connectivity index is 1.56. The lowest BCUT2D eigenvalue weighted by atomic mass is 10.0. The van der Waals surface area contributed by atoms with Gasteiger partial charge in [-0.1, -0.05) is 6.07 Å². The molecule has 0 spiro atoms. The van der Waals surface area contributed by atoms with E-state index in [4.69, 9.17) is 0 Å². The lowest BCUT2D eigenvalue weighted by Gasteiger charge is -2.18. The average Bonchev–Trinajstić information content (AvgIpc) is 3.21. The van der Waals surface area contributed by atoms with E-state index in [1.165, 1.54) is 0 Å². The van der Waals surface area contributed by atoms with Crippen molar-refractivity contribution in [1.82, 2.24) is 20.3 Å². The van der Waals surface area contributed by atoms with Crippen LogP contribution in [0.15, 0.2) is 48.9 Å². The molecule has 2 aromatic heterocycles. The summed E-state index contributed by atoms with van der Waals surface area (Å²) >= 11 is 0. The number of carbonyl (C=O) groups excluding carboxylic acids is 2. The zero-order chi connectivity index (χ0) is 21.8. The first-order chi connectivity index (χ1) is 15.0. The first-order valence-corrected chi connectivity index (χ1v) is 10.4. The number of hydrogen-bond acceptors (Lipinski definition) is 5. The molecule has 0 radical (unpaired) electrons. The van der Waals surface area contributed by atoms with Gasteiger partial charge in [0.2, 0.25) is 5.91 Å². The molecule has 0 aliphatic carbocycles. The fourth-order valence-electron chi connectivity index (χ4n) is 3.58. The monoisotopic (exact) mass is 415 g/mol. The molecular formula is C24H25N5O2. The quantitative estimate of drug-likeness (QED) is 0.668. The summed E-state index contributed by atoms with van der Waals surface area (Å²) in [5, 5.41) is 2.96. The molecule has 0 bridgehead atoms. The largest absolute Gasteiger partial charge is 0.352 e. The summed E-state index contributed by atoms with van der Waals surface area (Å²) in [6.45, 7) is 4.95. The van der Waals surface area contributed by atoms with E-state index in [-0.39, 0.29) is 11.8 Å². The number of rotatable bonds is 6. The van der Waals surface area contributed by atoms with E-state index in [9.17, 15) is 9.59 Å². The van der Waals surface area contributed by atoms with Crippen molar-refractivity contribution in [3.05, 3.63) is 71.4 Å². The average molecular weight is 415 g/mol. The molecule has 1 fully saturated rings. The van der Waals surface area contributed by atoms with Gasteiger partial charge in [-0.05, 0) is 62.1 Å². The van der Waals surface area contributed by atoms with E-state index in [0.29, 0.717) is 31.5 Å². The fourth-order valence-corrected chi connectivity index (χ4v) is 3.58. The molecule has 3 heterocycles. The summed E-state index contributed by atoms with van der Waals surface area (Å²) in [5.74, 6) is 0.618. The molecule has 0 saturated carbocycles. The van der Waals surface area contributed by atoms with Gasteiger partial charge in [0.15, 0.2) is 0 Å². The highest BCUT2D eigenvalue weighted by Crippen LogP contribution is 2.29. The highest BCUT2D eigenvalue weighted by molar-refractivity contribution is 6.00. The molecule has 1 aliphatic rings. The van der Waals surface area contributed by atoms with Gasteiger partial charge in [-0.3, -0.25) is 14.6 Å². The summed E-state index contributed by atoms with van der Waals surface area (Å²) in [5.41, 5.74) is 4.85. The Morgan fingerprint density at radius 1 is 1.06 bits per heavy atom. The predicted molar refractivity (Wildman–Crippen MR) is 119 cm³/mol. The van der Waals surface area contributed by atoms with E-state index in [1.54, 1.807) is 29.6 Å². The Bertz CT molecular complexity index is 1090. The number of anilines is 1. The van der Waals surface area contributed by atoms with Crippen molar-refractivity contribution in [3.63, 3.8) is 0 Å². The molecular weight excluding hydrogens is 390 g/mol. The standard InChI is InChI=1S/C24H25N5O2/c1-16-5-6-22(28-13-16)19-10-20(12-21(11-19)29-9-3-4-23(29)30)24(31)25-8-7-18-14-26-17(2)27-15-18/h5-6,10-15H,3-4,7-9H2,1-2H3,(H,25,31). The minimum atomic E-state index is -0.185. The Labute approximate surface area is 181 Å². The van der Waals surface area contributed by atoms with Gasteiger partial charge < -0.3 is 10.2 Å². The molecule has 1 N–H and O–H groups in total. The highest BCUT2D eigenvalue weighted by Gasteiger charge is 2.23. The van der Waals surface area contributed by atoms with Crippen molar-refractivity contribution in [2.75, 3.05) is 18.0 Å². The Hall–Kier alpha value is -3.61. The van der Waals surface area contributed by atoms with Gasteiger partial charge >= 0.3 is 0 Å². The smallest absolute Gasteiger partial charge is 0.251 e. The molecule has 31 heavy (non-hydrogen) atoms. The molecule has 1 saturated heterocycles. The van der Waals surface area contributed by atoms with Gasteiger partial charge in [0.25, 0.3) is 5.91 Å². The molecule has 0 atom stereocenters. The molecule has 2 amide bonds. The summed E-state index contributed by atoms with van der Waals surface area (Å²) in [4.78, 5) is 39.8. The molecule has 158 valence electrons. The molecule has 1 aromatic carbocycles. The lowest BCUT2D eigenvalue weighted by Crippen LogP contribution is -2.27. The second-order valence-electron chi connectivity index (χ2n) is 7.78. The van der Waals surface area contributed by atoms with Crippen molar-refractivity contribution in [3.8, 4) is 11.3 Å². The van der Waals surface area contributed by atoms with Crippen LogP contribution in [0.25, 0.3) is 11.3 Å². The maximum Gasteiger partial charge on any atom is 0.251 e. The van der Waals surface area contributed by atoms with Crippen LogP contribution in [0.2, 0.25) is 0 Å². The molecule has 1 aliphatic heterocycles. The predicted octanol–water partition coefficient (Wildman–Crippen LogP) is 3.25.